The quantitative estimate of drug-likeness (QED) is 0.689. The van der Waals surface area contributed by atoms with Crippen molar-refractivity contribution in [3.8, 4) is 0 Å². The summed E-state index contributed by atoms with van der Waals surface area (Å²) in [7, 11) is 0. The van der Waals surface area contributed by atoms with Crippen molar-refractivity contribution in [2.45, 2.75) is 25.4 Å². The fourth-order valence-electron chi connectivity index (χ4n) is 3.61. The van der Waals surface area contributed by atoms with E-state index < -0.39 is 6.16 Å². The van der Waals surface area contributed by atoms with Crippen LogP contribution in [-0.2, 0) is 15.9 Å². The lowest BCUT2D eigenvalue weighted by Gasteiger charge is -2.18. The van der Waals surface area contributed by atoms with Crippen LogP contribution in [0, 0.1) is 11.8 Å². The van der Waals surface area contributed by atoms with Crippen molar-refractivity contribution in [3.63, 3.8) is 0 Å². The first-order valence-corrected chi connectivity index (χ1v) is 7.86. The number of rotatable bonds is 4. The molecule has 4 heteroatoms. The molecule has 4 nitrogen and oxygen atoms in total. The predicted molar refractivity (Wildman–Crippen MR) is 83.6 cm³/mol. The monoisotopic (exact) mass is 297 g/mol. The second-order valence-corrected chi connectivity index (χ2v) is 6.14. The maximum atomic E-state index is 11.8. The van der Waals surface area contributed by atoms with Crippen molar-refractivity contribution in [2.24, 2.45) is 11.8 Å². The molecule has 114 valence electrons. The van der Waals surface area contributed by atoms with E-state index >= 15 is 0 Å². The lowest BCUT2D eigenvalue weighted by Crippen LogP contribution is -2.23. The Labute approximate surface area is 129 Å². The molecule has 0 amide bonds. The summed E-state index contributed by atoms with van der Waals surface area (Å²) in [6.45, 7) is 0.345. The summed E-state index contributed by atoms with van der Waals surface area (Å²) in [5.41, 5.74) is 2.26. The highest BCUT2D eigenvalue weighted by Gasteiger charge is 2.38. The van der Waals surface area contributed by atoms with Gasteiger partial charge in [0.15, 0.2) is 0 Å². The molecule has 0 spiro atoms. The van der Waals surface area contributed by atoms with Crippen LogP contribution in [0.3, 0.4) is 0 Å². The molecule has 3 atom stereocenters. The molecule has 0 radical (unpaired) electrons. The van der Waals surface area contributed by atoms with Crippen molar-refractivity contribution in [3.05, 3.63) is 48.2 Å². The van der Waals surface area contributed by atoms with E-state index in [1.54, 1.807) is 0 Å². The molecule has 1 aromatic heterocycles. The van der Waals surface area contributed by atoms with Crippen LogP contribution in [0.25, 0.3) is 10.9 Å². The third-order valence-electron chi connectivity index (χ3n) is 4.73. The van der Waals surface area contributed by atoms with Gasteiger partial charge in [-0.25, -0.2) is 4.79 Å². The largest absolute Gasteiger partial charge is 0.508 e. The molecule has 2 aliphatic carbocycles. The van der Waals surface area contributed by atoms with Crippen molar-refractivity contribution < 1.29 is 14.3 Å². The molecule has 1 N–H and O–H groups in total. The zero-order valence-electron chi connectivity index (χ0n) is 12.3. The van der Waals surface area contributed by atoms with Gasteiger partial charge in [0.05, 0.1) is 6.61 Å². The SMILES string of the molecule is O=C(OCCc1c[nH]c2ccccc12)OC1CC2C=CC1C2. The number of para-hydroxylation sites is 1. The van der Waals surface area contributed by atoms with Crippen molar-refractivity contribution in [1.82, 2.24) is 4.98 Å². The first-order valence-electron chi connectivity index (χ1n) is 7.86. The number of ether oxygens (including phenoxy) is 2. The maximum Gasteiger partial charge on any atom is 0.508 e. The number of nitrogens with one attached hydrogen (secondary N) is 1. The van der Waals surface area contributed by atoms with Crippen molar-refractivity contribution in [1.29, 1.82) is 0 Å². The second-order valence-electron chi connectivity index (χ2n) is 6.14. The number of allylic oxidation sites excluding steroid dienone is 1. The summed E-state index contributed by atoms with van der Waals surface area (Å²) in [4.78, 5) is 15.0. The fraction of sp³-hybridized carbons (Fsp3) is 0.389. The van der Waals surface area contributed by atoms with E-state index in [0.717, 1.165) is 23.9 Å². The Kier molecular flexibility index (Phi) is 3.37. The molecular formula is C18H19NO3. The van der Waals surface area contributed by atoms with Gasteiger partial charge in [-0.3, -0.25) is 0 Å². The summed E-state index contributed by atoms with van der Waals surface area (Å²) in [5.74, 6) is 0.986. The number of hydrogen-bond acceptors (Lipinski definition) is 3. The average molecular weight is 297 g/mol. The molecule has 22 heavy (non-hydrogen) atoms. The maximum absolute atomic E-state index is 11.8. The second kappa shape index (κ2) is 5.52. The first-order chi connectivity index (χ1) is 10.8. The van der Waals surface area contributed by atoms with Gasteiger partial charge >= 0.3 is 6.16 Å². The number of fused-ring (bicyclic) bond motifs is 3. The Morgan fingerprint density at radius 1 is 1.23 bits per heavy atom. The number of carbonyl (C=O) groups is 1. The molecule has 2 aliphatic rings. The van der Waals surface area contributed by atoms with Crippen LogP contribution in [-0.4, -0.2) is 23.9 Å². The molecule has 2 aromatic rings. The molecule has 3 unspecified atom stereocenters. The lowest BCUT2D eigenvalue weighted by molar-refractivity contribution is 0.0158. The lowest BCUT2D eigenvalue weighted by atomic mass is 10.1. The number of benzene rings is 1. The smallest absolute Gasteiger partial charge is 0.434 e. The fourth-order valence-corrected chi connectivity index (χ4v) is 3.61. The molecule has 0 saturated heterocycles. The zero-order chi connectivity index (χ0) is 14.9. The molecule has 2 bridgehead atoms. The Morgan fingerprint density at radius 3 is 2.95 bits per heavy atom. The molecule has 1 fully saturated rings. The average Bonchev–Trinajstić information content (AvgIpc) is 3.23. The predicted octanol–water partition coefficient (Wildman–Crippen LogP) is 3.83. The number of aromatic nitrogens is 1. The summed E-state index contributed by atoms with van der Waals surface area (Å²) in [6.07, 6.45) is 8.59. The van der Waals surface area contributed by atoms with Gasteiger partial charge in [-0.1, -0.05) is 30.4 Å². The molecule has 1 heterocycles. The Hall–Kier alpha value is -2.23. The Balaban J connectivity index is 1.28. The standard InChI is InChI=1S/C18H19NO3/c20-18(22-17-10-12-5-6-13(17)9-12)21-8-7-14-11-19-16-4-2-1-3-15(14)16/h1-6,11-13,17,19H,7-10H2. The molecule has 0 aliphatic heterocycles. The van der Waals surface area contributed by atoms with Crippen LogP contribution in [0.1, 0.15) is 18.4 Å². The normalized spacial score (nSPS) is 25.7. The van der Waals surface area contributed by atoms with E-state index in [2.05, 4.69) is 23.2 Å². The van der Waals surface area contributed by atoms with E-state index in [-0.39, 0.29) is 6.10 Å². The summed E-state index contributed by atoms with van der Waals surface area (Å²) < 4.78 is 10.7. The van der Waals surface area contributed by atoms with Crippen LogP contribution in [0.15, 0.2) is 42.6 Å². The highest BCUT2D eigenvalue weighted by Crippen LogP contribution is 2.40. The van der Waals surface area contributed by atoms with E-state index in [9.17, 15) is 4.79 Å². The molecular weight excluding hydrogens is 278 g/mol. The zero-order valence-corrected chi connectivity index (χ0v) is 12.3. The number of H-pyrrole nitrogens is 1. The minimum absolute atomic E-state index is 0.00980. The Morgan fingerprint density at radius 2 is 2.14 bits per heavy atom. The molecule has 1 aromatic carbocycles. The van der Waals surface area contributed by atoms with Gasteiger partial charge in [0, 0.05) is 29.4 Å². The van der Waals surface area contributed by atoms with E-state index in [1.165, 1.54) is 5.39 Å². The summed E-state index contributed by atoms with van der Waals surface area (Å²) in [6, 6.07) is 8.12. The van der Waals surface area contributed by atoms with Gasteiger partial charge in [-0.2, -0.15) is 0 Å². The third kappa shape index (κ3) is 2.49. The topological polar surface area (TPSA) is 51.3 Å². The molecule has 1 saturated carbocycles. The van der Waals surface area contributed by atoms with Crippen molar-refractivity contribution >= 4 is 17.1 Å². The van der Waals surface area contributed by atoms with Crippen LogP contribution in [0.5, 0.6) is 0 Å². The third-order valence-corrected chi connectivity index (χ3v) is 4.73. The number of aromatic amines is 1. The highest BCUT2D eigenvalue weighted by atomic mass is 16.7. The number of carbonyl (C=O) groups excluding carboxylic acids is 1. The van der Waals surface area contributed by atoms with Crippen LogP contribution >= 0.6 is 0 Å². The van der Waals surface area contributed by atoms with Gasteiger partial charge in [0.25, 0.3) is 0 Å². The van der Waals surface area contributed by atoms with Crippen LogP contribution in [0.2, 0.25) is 0 Å². The van der Waals surface area contributed by atoms with Gasteiger partial charge in [0.2, 0.25) is 0 Å². The van der Waals surface area contributed by atoms with E-state index in [1.807, 2.05) is 24.4 Å². The van der Waals surface area contributed by atoms with E-state index in [0.29, 0.717) is 24.9 Å². The van der Waals surface area contributed by atoms with Crippen LogP contribution < -0.4 is 0 Å². The van der Waals surface area contributed by atoms with Gasteiger partial charge in [-0.15, -0.1) is 0 Å². The van der Waals surface area contributed by atoms with Gasteiger partial charge < -0.3 is 14.5 Å². The minimum Gasteiger partial charge on any atom is -0.434 e. The molecule has 4 rings (SSSR count). The summed E-state index contributed by atoms with van der Waals surface area (Å²) >= 11 is 0. The first kappa shape index (κ1) is 13.4. The highest BCUT2D eigenvalue weighted by molar-refractivity contribution is 5.83. The van der Waals surface area contributed by atoms with Gasteiger partial charge in [0.1, 0.15) is 6.10 Å². The van der Waals surface area contributed by atoms with Crippen LogP contribution in [0.4, 0.5) is 4.79 Å². The van der Waals surface area contributed by atoms with Gasteiger partial charge in [-0.05, 0) is 30.4 Å². The number of hydrogen-bond donors (Lipinski definition) is 1. The van der Waals surface area contributed by atoms with E-state index in [4.69, 9.17) is 9.47 Å². The minimum atomic E-state index is -0.536. The van der Waals surface area contributed by atoms with Crippen molar-refractivity contribution in [2.75, 3.05) is 6.61 Å². The summed E-state index contributed by atoms with van der Waals surface area (Å²) in [5, 5.41) is 1.18. The Bertz CT molecular complexity index is 718.